The van der Waals surface area contributed by atoms with Crippen molar-refractivity contribution in [2.75, 3.05) is 0 Å². The molecule has 0 aliphatic rings. The van der Waals surface area contributed by atoms with Gasteiger partial charge in [0.15, 0.2) is 0 Å². The molecule has 2 atom stereocenters. The largest absolute Gasteiger partial charge is 1.00 e. The van der Waals surface area contributed by atoms with Crippen molar-refractivity contribution in [3.63, 3.8) is 0 Å². The van der Waals surface area contributed by atoms with E-state index in [-0.39, 0.29) is 57.5 Å². The van der Waals surface area contributed by atoms with Crippen molar-refractivity contribution in [3.05, 3.63) is 0 Å². The maximum atomic E-state index is 11.0. The number of rotatable bonds is 21. The standard InChI is InChI=1S/C23H48O4S.K/c1-3-23(28(25,26)27)21-19-17-15-13-11-9-7-5-4-6-8-10-12-14-16-18-20-22(2)24;/h22-24H,3-21H2,1-2H3,(H,25,26,27);/q;+1/p-1. The number of unbranched alkanes of at least 4 members (excludes halogenated alkanes) is 15. The fourth-order valence-corrected chi connectivity index (χ4v) is 4.70. The molecule has 0 bridgehead atoms. The molecule has 0 spiro atoms. The summed E-state index contributed by atoms with van der Waals surface area (Å²) in [6, 6.07) is 0. The van der Waals surface area contributed by atoms with Crippen LogP contribution in [-0.2, 0) is 10.1 Å². The first-order valence-corrected chi connectivity index (χ1v) is 13.5. The van der Waals surface area contributed by atoms with Gasteiger partial charge in [-0.15, -0.1) is 0 Å². The van der Waals surface area contributed by atoms with E-state index in [0.717, 1.165) is 25.7 Å². The van der Waals surface area contributed by atoms with E-state index in [2.05, 4.69) is 0 Å². The zero-order chi connectivity index (χ0) is 21.1. The molecule has 0 fully saturated rings. The van der Waals surface area contributed by atoms with E-state index in [1.807, 2.05) is 6.92 Å². The molecule has 1 N–H and O–H groups in total. The third-order valence-corrected chi connectivity index (χ3v) is 7.15. The first-order chi connectivity index (χ1) is 13.4. The van der Waals surface area contributed by atoms with Gasteiger partial charge in [-0.2, -0.15) is 0 Å². The summed E-state index contributed by atoms with van der Waals surface area (Å²) < 4.78 is 33.1. The van der Waals surface area contributed by atoms with Crippen molar-refractivity contribution < 1.29 is 69.5 Å². The van der Waals surface area contributed by atoms with Crippen LogP contribution in [0.2, 0.25) is 0 Å². The van der Waals surface area contributed by atoms with Crippen LogP contribution in [0, 0.1) is 0 Å². The Bertz CT molecular complexity index is 427. The van der Waals surface area contributed by atoms with Gasteiger partial charge in [-0.1, -0.05) is 110 Å². The van der Waals surface area contributed by atoms with Crippen LogP contribution in [0.5, 0.6) is 0 Å². The average Bonchev–Trinajstić information content (AvgIpc) is 2.62. The van der Waals surface area contributed by atoms with E-state index in [9.17, 15) is 18.1 Å². The van der Waals surface area contributed by atoms with Crippen LogP contribution in [0.3, 0.4) is 0 Å². The maximum Gasteiger partial charge on any atom is 1.00 e. The second kappa shape index (κ2) is 22.7. The van der Waals surface area contributed by atoms with Crippen LogP contribution < -0.4 is 51.4 Å². The molecule has 0 radical (unpaired) electrons. The third-order valence-electron chi connectivity index (χ3n) is 5.76. The smallest absolute Gasteiger partial charge is 0.748 e. The quantitative estimate of drug-likeness (QED) is 0.162. The summed E-state index contributed by atoms with van der Waals surface area (Å²) in [6.07, 6.45) is 21.9. The zero-order valence-electron chi connectivity index (χ0n) is 19.7. The van der Waals surface area contributed by atoms with Gasteiger partial charge in [0.2, 0.25) is 0 Å². The van der Waals surface area contributed by atoms with Crippen LogP contribution in [0.1, 0.15) is 136 Å². The summed E-state index contributed by atoms with van der Waals surface area (Å²) >= 11 is 0. The number of hydrogen-bond acceptors (Lipinski definition) is 4. The Hall–Kier alpha value is 1.51. The molecule has 0 aromatic heterocycles. The molecule has 29 heavy (non-hydrogen) atoms. The molecule has 0 aromatic rings. The summed E-state index contributed by atoms with van der Waals surface area (Å²) in [7, 11) is -4.10. The minimum absolute atomic E-state index is 0. The normalized spacial score (nSPS) is 13.8. The van der Waals surface area contributed by atoms with E-state index < -0.39 is 15.4 Å². The van der Waals surface area contributed by atoms with Crippen molar-refractivity contribution in [2.24, 2.45) is 0 Å². The van der Waals surface area contributed by atoms with E-state index in [1.54, 1.807) is 6.92 Å². The molecular formula is C23H47KO4S. The fraction of sp³-hybridized carbons (Fsp3) is 1.00. The average molecular weight is 459 g/mol. The maximum absolute atomic E-state index is 11.0. The van der Waals surface area contributed by atoms with E-state index in [1.165, 1.54) is 83.5 Å². The van der Waals surface area contributed by atoms with Crippen molar-refractivity contribution in [1.82, 2.24) is 0 Å². The summed E-state index contributed by atoms with van der Waals surface area (Å²) in [5.74, 6) is 0. The second-order valence-corrected chi connectivity index (χ2v) is 10.3. The molecule has 2 unspecified atom stereocenters. The van der Waals surface area contributed by atoms with Gasteiger partial charge in [0.25, 0.3) is 0 Å². The monoisotopic (exact) mass is 458 g/mol. The van der Waals surface area contributed by atoms with Gasteiger partial charge in [0, 0.05) is 5.25 Å². The van der Waals surface area contributed by atoms with Gasteiger partial charge in [0.1, 0.15) is 0 Å². The Morgan fingerprint density at radius 2 is 0.931 bits per heavy atom. The SMILES string of the molecule is CCC(CCCCCCCCCCCCCCCCCCC(C)O)S(=O)(=O)[O-].[K+]. The first kappa shape index (κ1) is 32.7. The molecule has 0 saturated carbocycles. The molecule has 4 nitrogen and oxygen atoms in total. The van der Waals surface area contributed by atoms with E-state index in [0.29, 0.717) is 12.8 Å². The summed E-state index contributed by atoms with van der Waals surface area (Å²) in [6.45, 7) is 3.65. The van der Waals surface area contributed by atoms with Gasteiger partial charge in [-0.05, 0) is 26.2 Å². The molecule has 0 aliphatic heterocycles. The second-order valence-electron chi connectivity index (χ2n) is 8.61. The topological polar surface area (TPSA) is 77.4 Å². The van der Waals surface area contributed by atoms with Gasteiger partial charge >= 0.3 is 51.4 Å². The van der Waals surface area contributed by atoms with Gasteiger partial charge in [-0.3, -0.25) is 0 Å². The minimum atomic E-state index is -4.10. The van der Waals surface area contributed by atoms with Crippen LogP contribution >= 0.6 is 0 Å². The fourth-order valence-electron chi connectivity index (χ4n) is 3.84. The van der Waals surface area contributed by atoms with Crippen molar-refractivity contribution in [3.8, 4) is 0 Å². The van der Waals surface area contributed by atoms with Crippen LogP contribution in [0.25, 0.3) is 0 Å². The molecular weight excluding hydrogens is 411 g/mol. The Morgan fingerprint density at radius 3 is 1.17 bits per heavy atom. The Kier molecular flexibility index (Phi) is 25.6. The van der Waals surface area contributed by atoms with Gasteiger partial charge in [-0.25, -0.2) is 8.42 Å². The molecule has 0 rings (SSSR count). The summed E-state index contributed by atoms with van der Waals surface area (Å²) in [4.78, 5) is 0. The number of hydrogen-bond donors (Lipinski definition) is 1. The van der Waals surface area contributed by atoms with Gasteiger partial charge < -0.3 is 9.66 Å². The molecule has 170 valence electrons. The van der Waals surface area contributed by atoms with E-state index >= 15 is 0 Å². The first-order valence-electron chi connectivity index (χ1n) is 12.0. The molecule has 0 amide bonds. The van der Waals surface area contributed by atoms with Crippen molar-refractivity contribution >= 4 is 10.1 Å². The molecule has 0 aromatic carbocycles. The predicted octanol–water partition coefficient (Wildman–Crippen LogP) is 3.72. The number of aliphatic hydroxyl groups is 1. The third kappa shape index (κ3) is 24.0. The Morgan fingerprint density at radius 1 is 0.655 bits per heavy atom. The summed E-state index contributed by atoms with van der Waals surface area (Å²) in [5.41, 5.74) is 0. The van der Waals surface area contributed by atoms with Crippen molar-refractivity contribution in [1.29, 1.82) is 0 Å². The van der Waals surface area contributed by atoms with Crippen LogP contribution in [0.4, 0.5) is 0 Å². The number of aliphatic hydroxyl groups excluding tert-OH is 1. The van der Waals surface area contributed by atoms with E-state index in [4.69, 9.17) is 0 Å². The van der Waals surface area contributed by atoms with Crippen LogP contribution in [0.15, 0.2) is 0 Å². The summed E-state index contributed by atoms with van der Waals surface area (Å²) in [5, 5.41) is 8.52. The molecule has 0 heterocycles. The minimum Gasteiger partial charge on any atom is -0.748 e. The zero-order valence-corrected chi connectivity index (χ0v) is 23.6. The van der Waals surface area contributed by atoms with Crippen molar-refractivity contribution in [2.45, 2.75) is 147 Å². The Balaban J connectivity index is 0. The Labute approximate surface area is 224 Å². The van der Waals surface area contributed by atoms with Crippen LogP contribution in [-0.4, -0.2) is 29.4 Å². The van der Waals surface area contributed by atoms with Gasteiger partial charge in [0.05, 0.1) is 16.2 Å². The predicted molar refractivity (Wildman–Crippen MR) is 119 cm³/mol. The molecule has 6 heteroatoms. The molecule has 0 aliphatic carbocycles. The molecule has 0 saturated heterocycles.